The molecule has 18 heavy (non-hydrogen) atoms. The molecule has 0 bridgehead atoms. The van der Waals surface area contributed by atoms with Gasteiger partial charge in [-0.1, -0.05) is 19.9 Å². The van der Waals surface area contributed by atoms with Crippen LogP contribution in [0, 0.1) is 0 Å². The van der Waals surface area contributed by atoms with Crippen LogP contribution in [-0.4, -0.2) is 25.0 Å². The van der Waals surface area contributed by atoms with Gasteiger partial charge in [0, 0.05) is 16.8 Å². The third-order valence-electron chi connectivity index (χ3n) is 2.53. The van der Waals surface area contributed by atoms with Crippen LogP contribution >= 0.6 is 11.3 Å². The third kappa shape index (κ3) is 4.49. The molecule has 1 heterocycles. The lowest BCUT2D eigenvalue weighted by molar-refractivity contribution is -0.146. The molecule has 0 aromatic carbocycles. The number of esters is 1. The molecule has 1 aromatic heterocycles. The van der Waals surface area contributed by atoms with E-state index >= 15 is 0 Å². The SMILES string of the molecule is CCOC(=O)CC(=O)NCC(C)(C)c1cccs1. The lowest BCUT2D eigenvalue weighted by Gasteiger charge is -2.23. The van der Waals surface area contributed by atoms with Crippen LogP contribution in [0.5, 0.6) is 0 Å². The molecule has 0 radical (unpaired) electrons. The Balaban J connectivity index is 2.41. The smallest absolute Gasteiger partial charge is 0.315 e. The van der Waals surface area contributed by atoms with E-state index in [-0.39, 0.29) is 17.7 Å². The number of amides is 1. The molecule has 0 unspecified atom stereocenters. The van der Waals surface area contributed by atoms with Crippen LogP contribution in [0.1, 0.15) is 32.1 Å². The first-order valence-corrected chi connectivity index (χ1v) is 6.80. The fraction of sp³-hybridized carbons (Fsp3) is 0.538. The number of rotatable bonds is 6. The summed E-state index contributed by atoms with van der Waals surface area (Å²) in [5.41, 5.74) is -0.127. The van der Waals surface area contributed by atoms with Gasteiger partial charge in [-0.2, -0.15) is 0 Å². The van der Waals surface area contributed by atoms with Gasteiger partial charge in [0.25, 0.3) is 0 Å². The van der Waals surface area contributed by atoms with E-state index < -0.39 is 5.97 Å². The first kappa shape index (κ1) is 14.7. The molecule has 1 amide bonds. The molecule has 0 aliphatic heterocycles. The van der Waals surface area contributed by atoms with E-state index in [0.717, 1.165) is 0 Å². The summed E-state index contributed by atoms with van der Waals surface area (Å²) in [7, 11) is 0. The lowest BCUT2D eigenvalue weighted by atomic mass is 9.91. The maximum absolute atomic E-state index is 11.5. The molecule has 0 saturated carbocycles. The Kier molecular flexibility index (Phi) is 5.34. The fourth-order valence-electron chi connectivity index (χ4n) is 1.48. The highest BCUT2D eigenvalue weighted by atomic mass is 32.1. The molecule has 5 heteroatoms. The number of hydrogen-bond donors (Lipinski definition) is 1. The van der Waals surface area contributed by atoms with Gasteiger partial charge in [-0.25, -0.2) is 0 Å². The van der Waals surface area contributed by atoms with Crippen LogP contribution in [0.3, 0.4) is 0 Å². The van der Waals surface area contributed by atoms with Crippen LogP contribution < -0.4 is 5.32 Å². The predicted molar refractivity (Wildman–Crippen MR) is 71.6 cm³/mol. The molecule has 0 spiro atoms. The summed E-state index contributed by atoms with van der Waals surface area (Å²) < 4.78 is 4.72. The number of ether oxygens (including phenoxy) is 1. The second-order valence-electron chi connectivity index (χ2n) is 4.62. The highest BCUT2D eigenvalue weighted by molar-refractivity contribution is 7.10. The Morgan fingerprint density at radius 3 is 2.72 bits per heavy atom. The van der Waals surface area contributed by atoms with E-state index in [4.69, 9.17) is 4.74 Å². The highest BCUT2D eigenvalue weighted by Crippen LogP contribution is 2.26. The van der Waals surface area contributed by atoms with Crippen LogP contribution in [-0.2, 0) is 19.7 Å². The molecule has 0 aliphatic rings. The van der Waals surface area contributed by atoms with E-state index in [1.807, 2.05) is 17.5 Å². The molecule has 1 rings (SSSR count). The van der Waals surface area contributed by atoms with Gasteiger partial charge in [0.05, 0.1) is 6.61 Å². The predicted octanol–water partition coefficient (Wildman–Crippen LogP) is 2.10. The minimum Gasteiger partial charge on any atom is -0.466 e. The van der Waals surface area contributed by atoms with E-state index in [2.05, 4.69) is 19.2 Å². The lowest BCUT2D eigenvalue weighted by Crippen LogP contribution is -2.37. The van der Waals surface area contributed by atoms with Crippen molar-refractivity contribution in [2.45, 2.75) is 32.6 Å². The minimum atomic E-state index is -0.482. The molecular weight excluding hydrogens is 250 g/mol. The Morgan fingerprint density at radius 2 is 2.17 bits per heavy atom. The molecule has 4 nitrogen and oxygen atoms in total. The van der Waals surface area contributed by atoms with Crippen molar-refractivity contribution in [2.24, 2.45) is 0 Å². The maximum atomic E-state index is 11.5. The zero-order valence-corrected chi connectivity index (χ0v) is 11.8. The fourth-order valence-corrected chi connectivity index (χ4v) is 2.33. The van der Waals surface area contributed by atoms with Gasteiger partial charge < -0.3 is 10.1 Å². The summed E-state index contributed by atoms with van der Waals surface area (Å²) in [6, 6.07) is 4.03. The van der Waals surface area contributed by atoms with Crippen LogP contribution in [0.15, 0.2) is 17.5 Å². The van der Waals surface area contributed by atoms with E-state index in [9.17, 15) is 9.59 Å². The van der Waals surface area contributed by atoms with Gasteiger partial charge in [0.1, 0.15) is 6.42 Å². The number of hydrogen-bond acceptors (Lipinski definition) is 4. The van der Waals surface area contributed by atoms with Crippen molar-refractivity contribution in [3.05, 3.63) is 22.4 Å². The summed E-state index contributed by atoms with van der Waals surface area (Å²) in [6.07, 6.45) is -0.214. The van der Waals surface area contributed by atoms with Gasteiger partial charge in [0.2, 0.25) is 5.91 Å². The Morgan fingerprint density at radius 1 is 1.44 bits per heavy atom. The Bertz CT molecular complexity index is 398. The number of thiophene rings is 1. The second kappa shape index (κ2) is 6.54. The van der Waals surface area contributed by atoms with Crippen molar-refractivity contribution in [3.63, 3.8) is 0 Å². The van der Waals surface area contributed by atoms with Crippen molar-refractivity contribution < 1.29 is 14.3 Å². The normalized spacial score (nSPS) is 11.1. The monoisotopic (exact) mass is 269 g/mol. The van der Waals surface area contributed by atoms with Gasteiger partial charge >= 0.3 is 5.97 Å². The first-order chi connectivity index (χ1) is 8.45. The van der Waals surface area contributed by atoms with Crippen molar-refractivity contribution >= 4 is 23.2 Å². The van der Waals surface area contributed by atoms with Gasteiger partial charge in [-0.3, -0.25) is 9.59 Å². The molecule has 0 saturated heterocycles. The zero-order valence-electron chi connectivity index (χ0n) is 11.0. The summed E-state index contributed by atoms with van der Waals surface area (Å²) in [6.45, 7) is 6.64. The number of carbonyl (C=O) groups excluding carboxylic acids is 2. The van der Waals surface area contributed by atoms with Crippen LogP contribution in [0.4, 0.5) is 0 Å². The standard InChI is InChI=1S/C13H19NO3S/c1-4-17-12(16)8-11(15)14-9-13(2,3)10-6-5-7-18-10/h5-7H,4,8-9H2,1-3H3,(H,14,15). The molecular formula is C13H19NO3S. The summed E-state index contributed by atoms with van der Waals surface area (Å²) in [5, 5.41) is 4.78. The van der Waals surface area contributed by atoms with E-state index in [1.54, 1.807) is 18.3 Å². The molecule has 100 valence electrons. The van der Waals surface area contributed by atoms with Crippen LogP contribution in [0.2, 0.25) is 0 Å². The molecule has 0 aliphatic carbocycles. The highest BCUT2D eigenvalue weighted by Gasteiger charge is 2.22. The zero-order chi connectivity index (χ0) is 13.6. The summed E-state index contributed by atoms with van der Waals surface area (Å²) >= 11 is 1.66. The quantitative estimate of drug-likeness (QED) is 0.635. The second-order valence-corrected chi connectivity index (χ2v) is 5.57. The molecule has 1 N–H and O–H groups in total. The first-order valence-electron chi connectivity index (χ1n) is 5.92. The van der Waals surface area contributed by atoms with Gasteiger partial charge in [0.15, 0.2) is 0 Å². The van der Waals surface area contributed by atoms with Crippen molar-refractivity contribution in [2.75, 3.05) is 13.2 Å². The van der Waals surface area contributed by atoms with E-state index in [1.165, 1.54) is 4.88 Å². The number of nitrogens with one attached hydrogen (secondary N) is 1. The third-order valence-corrected chi connectivity index (χ3v) is 3.76. The summed E-state index contributed by atoms with van der Waals surface area (Å²) in [5.74, 6) is -0.776. The van der Waals surface area contributed by atoms with Gasteiger partial charge in [-0.05, 0) is 18.4 Å². The maximum Gasteiger partial charge on any atom is 0.315 e. The molecule has 0 fully saturated rings. The summed E-state index contributed by atoms with van der Waals surface area (Å²) in [4.78, 5) is 23.9. The minimum absolute atomic E-state index is 0.127. The van der Waals surface area contributed by atoms with Crippen LogP contribution in [0.25, 0.3) is 0 Å². The van der Waals surface area contributed by atoms with Crippen molar-refractivity contribution in [3.8, 4) is 0 Å². The molecule has 0 atom stereocenters. The topological polar surface area (TPSA) is 55.4 Å². The molecule has 1 aromatic rings. The average molecular weight is 269 g/mol. The number of carbonyl (C=O) groups is 2. The Hall–Kier alpha value is -1.36. The van der Waals surface area contributed by atoms with Crippen molar-refractivity contribution in [1.82, 2.24) is 5.32 Å². The Labute approximate surface area is 111 Å². The van der Waals surface area contributed by atoms with Crippen molar-refractivity contribution in [1.29, 1.82) is 0 Å². The van der Waals surface area contributed by atoms with E-state index in [0.29, 0.717) is 13.2 Å². The largest absolute Gasteiger partial charge is 0.466 e. The average Bonchev–Trinajstić information content (AvgIpc) is 2.81. The van der Waals surface area contributed by atoms with Gasteiger partial charge in [-0.15, -0.1) is 11.3 Å².